The highest BCUT2D eigenvalue weighted by atomic mass is 19.1. The molecule has 0 saturated carbocycles. The van der Waals surface area contributed by atoms with Crippen LogP contribution in [0.3, 0.4) is 0 Å². The van der Waals surface area contributed by atoms with Crippen molar-refractivity contribution in [2.45, 2.75) is 31.7 Å². The van der Waals surface area contributed by atoms with Crippen molar-refractivity contribution in [2.75, 3.05) is 40.8 Å². The molecule has 1 aliphatic heterocycles. The van der Waals surface area contributed by atoms with E-state index in [1.165, 1.54) is 30.3 Å². The molecule has 1 saturated heterocycles. The fraction of sp³-hybridized carbons (Fsp3) is 0.382. The second-order valence-corrected chi connectivity index (χ2v) is 11.5. The standard InChI is InChI=1S/C34H40FN3O5/c1-21-26(13-7-14-29(21)35)31-27(32(41)22-9-5-11-24(39)17-22)19-38(16-8-15-30(37(3)4)34(43)36-2)20-28(31)33(42)23-10-6-12-25(40)18-23/h5-7,9-14,17-18,27-28,30-31,39-40H,8,15-16,19-20H2,1-4H3,(H,36,43)/t27-,28-,30+/m1/s1. The number of ketones is 2. The lowest BCUT2D eigenvalue weighted by Crippen LogP contribution is -2.51. The molecule has 4 rings (SSSR count). The van der Waals surface area contributed by atoms with Gasteiger partial charge in [0.25, 0.3) is 0 Å². The van der Waals surface area contributed by atoms with Crippen LogP contribution in [0.15, 0.2) is 66.7 Å². The van der Waals surface area contributed by atoms with Gasteiger partial charge in [-0.05, 0) is 81.9 Å². The van der Waals surface area contributed by atoms with Crippen molar-refractivity contribution in [3.63, 3.8) is 0 Å². The number of phenols is 2. The Kier molecular flexibility index (Phi) is 10.3. The molecule has 0 aromatic heterocycles. The zero-order chi connectivity index (χ0) is 31.3. The van der Waals surface area contributed by atoms with Crippen LogP contribution in [0.4, 0.5) is 4.39 Å². The fourth-order valence-electron chi connectivity index (χ4n) is 6.28. The quantitative estimate of drug-likeness (QED) is 0.285. The maximum absolute atomic E-state index is 14.9. The van der Waals surface area contributed by atoms with Crippen molar-refractivity contribution in [3.05, 3.63) is 94.8 Å². The van der Waals surface area contributed by atoms with E-state index in [4.69, 9.17) is 0 Å². The minimum atomic E-state index is -0.731. The Morgan fingerprint density at radius 3 is 1.95 bits per heavy atom. The summed E-state index contributed by atoms with van der Waals surface area (Å²) in [6, 6.07) is 16.7. The lowest BCUT2D eigenvalue weighted by molar-refractivity contribution is -0.125. The minimum absolute atomic E-state index is 0.0479. The number of hydrogen-bond acceptors (Lipinski definition) is 7. The first-order chi connectivity index (χ1) is 20.5. The third kappa shape index (κ3) is 7.29. The molecule has 0 bridgehead atoms. The number of piperidine rings is 1. The van der Waals surface area contributed by atoms with E-state index in [1.807, 2.05) is 19.0 Å². The average molecular weight is 590 g/mol. The van der Waals surface area contributed by atoms with E-state index in [2.05, 4.69) is 10.2 Å². The second kappa shape index (κ2) is 13.9. The van der Waals surface area contributed by atoms with E-state index >= 15 is 0 Å². The summed E-state index contributed by atoms with van der Waals surface area (Å²) < 4.78 is 14.9. The van der Waals surface area contributed by atoms with Gasteiger partial charge in [0.1, 0.15) is 17.3 Å². The number of phenolic OH excluding ortho intramolecular Hbond substituents is 2. The molecule has 1 aliphatic rings. The maximum Gasteiger partial charge on any atom is 0.237 e. The van der Waals surface area contributed by atoms with E-state index in [-0.39, 0.29) is 35.0 Å². The number of benzene rings is 3. The number of nitrogens with zero attached hydrogens (tertiary/aromatic N) is 2. The van der Waals surface area contributed by atoms with Crippen molar-refractivity contribution >= 4 is 17.5 Å². The van der Waals surface area contributed by atoms with Gasteiger partial charge in [0, 0.05) is 49.0 Å². The van der Waals surface area contributed by atoms with Crippen LogP contribution < -0.4 is 5.32 Å². The monoisotopic (exact) mass is 589 g/mol. The Hall–Kier alpha value is -4.08. The summed E-state index contributed by atoms with van der Waals surface area (Å²) in [6.45, 7) is 2.81. The number of Topliss-reactive ketones (excluding diaryl/α,β-unsaturated/α-hetero) is 2. The van der Waals surface area contributed by atoms with E-state index < -0.39 is 23.6 Å². The number of carbonyl (C=O) groups excluding carboxylic acids is 3. The molecule has 0 spiro atoms. The molecule has 1 fully saturated rings. The highest BCUT2D eigenvalue weighted by Crippen LogP contribution is 2.43. The van der Waals surface area contributed by atoms with Crippen LogP contribution in [-0.4, -0.2) is 84.3 Å². The number of amides is 1. The van der Waals surface area contributed by atoms with E-state index in [1.54, 1.807) is 50.4 Å². The Morgan fingerprint density at radius 1 is 0.930 bits per heavy atom. The highest BCUT2D eigenvalue weighted by molar-refractivity contribution is 6.02. The summed E-state index contributed by atoms with van der Waals surface area (Å²) in [5.41, 5.74) is 1.58. The number of halogens is 1. The normalized spacial score (nSPS) is 18.4. The largest absolute Gasteiger partial charge is 0.508 e. The molecule has 3 aromatic rings. The van der Waals surface area contributed by atoms with Gasteiger partial charge in [-0.15, -0.1) is 0 Å². The number of nitrogens with one attached hydrogen (secondary N) is 1. The fourth-order valence-corrected chi connectivity index (χ4v) is 6.28. The van der Waals surface area contributed by atoms with Crippen molar-refractivity contribution in [3.8, 4) is 11.5 Å². The molecule has 3 atom stereocenters. The molecule has 9 heteroatoms. The molecule has 0 aliphatic carbocycles. The Labute approximate surface area is 252 Å². The topological polar surface area (TPSA) is 110 Å². The SMILES string of the molecule is CNC(=O)[C@H](CCCN1C[C@@H](C(=O)c2cccc(O)c2)C(c2cccc(F)c2C)[C@H](C(=O)c2cccc(O)c2)C1)N(C)C. The maximum atomic E-state index is 14.9. The van der Waals surface area contributed by atoms with E-state index in [0.717, 1.165) is 0 Å². The third-order valence-corrected chi connectivity index (χ3v) is 8.50. The Morgan fingerprint density at radius 2 is 1.47 bits per heavy atom. The minimum Gasteiger partial charge on any atom is -0.508 e. The molecule has 228 valence electrons. The summed E-state index contributed by atoms with van der Waals surface area (Å²) in [4.78, 5) is 44.7. The van der Waals surface area contributed by atoms with E-state index in [9.17, 15) is 29.0 Å². The first-order valence-electron chi connectivity index (χ1n) is 14.5. The number of likely N-dealkylation sites (tertiary alicyclic amines) is 1. The lowest BCUT2D eigenvalue weighted by atomic mass is 9.67. The number of likely N-dealkylation sites (N-methyl/N-ethyl adjacent to an activating group) is 2. The van der Waals surface area contributed by atoms with Crippen molar-refractivity contribution in [1.82, 2.24) is 15.1 Å². The summed E-state index contributed by atoms with van der Waals surface area (Å²) in [7, 11) is 5.30. The average Bonchev–Trinajstić information content (AvgIpc) is 2.99. The predicted octanol–water partition coefficient (Wildman–Crippen LogP) is 4.40. The van der Waals surface area contributed by atoms with Gasteiger partial charge in [-0.1, -0.05) is 36.4 Å². The number of aromatic hydroxyl groups is 2. The molecule has 8 nitrogen and oxygen atoms in total. The first-order valence-corrected chi connectivity index (χ1v) is 14.5. The van der Waals surface area contributed by atoms with Gasteiger partial charge in [0.15, 0.2) is 11.6 Å². The van der Waals surface area contributed by atoms with Gasteiger partial charge in [0.05, 0.1) is 6.04 Å². The molecule has 43 heavy (non-hydrogen) atoms. The smallest absolute Gasteiger partial charge is 0.237 e. The zero-order valence-corrected chi connectivity index (χ0v) is 25.1. The van der Waals surface area contributed by atoms with Gasteiger partial charge >= 0.3 is 0 Å². The van der Waals surface area contributed by atoms with Crippen LogP contribution >= 0.6 is 0 Å². The number of hydrogen-bond donors (Lipinski definition) is 3. The first kappa shape index (κ1) is 31.8. The zero-order valence-electron chi connectivity index (χ0n) is 25.1. The Balaban J connectivity index is 1.76. The third-order valence-electron chi connectivity index (χ3n) is 8.50. The van der Waals surface area contributed by atoms with Crippen LogP contribution in [0, 0.1) is 24.6 Å². The number of carbonyl (C=O) groups is 3. The molecule has 1 heterocycles. The van der Waals surface area contributed by atoms with Crippen molar-refractivity contribution in [1.29, 1.82) is 0 Å². The van der Waals surface area contributed by atoms with Gasteiger partial charge in [0.2, 0.25) is 5.91 Å². The van der Waals surface area contributed by atoms with Crippen LogP contribution in [0.2, 0.25) is 0 Å². The molecular formula is C34H40FN3O5. The molecule has 0 radical (unpaired) electrons. The molecular weight excluding hydrogens is 549 g/mol. The van der Waals surface area contributed by atoms with Crippen molar-refractivity contribution in [2.24, 2.45) is 11.8 Å². The Bertz CT molecular complexity index is 1410. The van der Waals surface area contributed by atoms with Crippen LogP contribution in [0.25, 0.3) is 0 Å². The van der Waals surface area contributed by atoms with Crippen LogP contribution in [0.1, 0.15) is 50.6 Å². The summed E-state index contributed by atoms with van der Waals surface area (Å²) in [5, 5.41) is 23.0. The summed E-state index contributed by atoms with van der Waals surface area (Å²) in [5.74, 6) is -3.22. The lowest BCUT2D eigenvalue weighted by Gasteiger charge is -2.43. The molecule has 3 aromatic carbocycles. The molecule has 1 amide bonds. The van der Waals surface area contributed by atoms with Gasteiger partial charge < -0.3 is 20.4 Å². The van der Waals surface area contributed by atoms with Gasteiger partial charge in [-0.3, -0.25) is 19.3 Å². The summed E-state index contributed by atoms with van der Waals surface area (Å²) >= 11 is 0. The predicted molar refractivity (Wildman–Crippen MR) is 163 cm³/mol. The highest BCUT2D eigenvalue weighted by Gasteiger charge is 2.45. The van der Waals surface area contributed by atoms with E-state index in [0.29, 0.717) is 54.7 Å². The molecule has 0 unspecified atom stereocenters. The van der Waals surface area contributed by atoms with Gasteiger partial charge in [-0.2, -0.15) is 0 Å². The number of rotatable bonds is 11. The summed E-state index contributed by atoms with van der Waals surface area (Å²) in [6.07, 6.45) is 1.21. The van der Waals surface area contributed by atoms with Crippen LogP contribution in [-0.2, 0) is 4.79 Å². The second-order valence-electron chi connectivity index (χ2n) is 11.5. The van der Waals surface area contributed by atoms with Crippen molar-refractivity contribution < 1.29 is 29.0 Å². The van der Waals surface area contributed by atoms with Gasteiger partial charge in [-0.25, -0.2) is 4.39 Å². The van der Waals surface area contributed by atoms with Crippen LogP contribution in [0.5, 0.6) is 11.5 Å². The molecule has 3 N–H and O–H groups in total.